The van der Waals surface area contributed by atoms with Crippen LogP contribution in [0.1, 0.15) is 85.5 Å². The van der Waals surface area contributed by atoms with Crippen LogP contribution in [0.5, 0.6) is 0 Å². The van der Waals surface area contributed by atoms with E-state index >= 15 is 0 Å². The van der Waals surface area contributed by atoms with Crippen LogP contribution in [0.3, 0.4) is 0 Å². The van der Waals surface area contributed by atoms with E-state index in [1.807, 2.05) is 0 Å². The van der Waals surface area contributed by atoms with Crippen molar-refractivity contribution in [2.75, 3.05) is 0 Å². The lowest BCUT2D eigenvalue weighted by Gasteiger charge is -2.57. The molecule has 27 heavy (non-hydrogen) atoms. The van der Waals surface area contributed by atoms with Crippen molar-refractivity contribution in [1.29, 1.82) is 0 Å². The van der Waals surface area contributed by atoms with E-state index in [4.69, 9.17) is 4.74 Å². The molecular weight excluding hydrogens is 334 g/mol. The molecule has 0 aromatic heterocycles. The Morgan fingerprint density at radius 2 is 1.93 bits per heavy atom. The number of amides is 1. The molecular formula is C24H39NO2. The Labute approximate surface area is 165 Å². The smallest absolute Gasteiger partial charge is 0.220 e. The standard InChI is InChI=1S/C24H39NO2/c1-15(2)27-18-10-11-24(5)17(12-18)7-8-19-20-9-6-16(3)13-23(20,4)14-21(26)25-22(19)24/h15,17-20,22H,3,6-14H2,1-2,4-5H3,(H,25,26)/t17-,18-,19-,20-,22-,23-,24-/m0/s1. The largest absolute Gasteiger partial charge is 0.376 e. The number of allylic oxidation sites excluding steroid dienone is 1. The lowest BCUT2D eigenvalue weighted by Crippen LogP contribution is -2.59. The summed E-state index contributed by atoms with van der Waals surface area (Å²) < 4.78 is 6.18. The molecule has 4 fully saturated rings. The third kappa shape index (κ3) is 3.39. The van der Waals surface area contributed by atoms with E-state index in [0.717, 1.165) is 19.3 Å². The third-order valence-electron chi connectivity index (χ3n) is 8.69. The van der Waals surface area contributed by atoms with E-state index in [9.17, 15) is 4.79 Å². The van der Waals surface area contributed by atoms with Gasteiger partial charge in [-0.05, 0) is 93.8 Å². The molecule has 4 rings (SSSR count). The first-order valence-corrected chi connectivity index (χ1v) is 11.3. The Morgan fingerprint density at radius 1 is 1.15 bits per heavy atom. The van der Waals surface area contributed by atoms with Crippen LogP contribution >= 0.6 is 0 Å². The molecule has 3 aliphatic carbocycles. The SMILES string of the molecule is C=C1CC[C@H]2[C@@H]3CC[C@H]4C[C@@H](OC(C)C)CC[C@]4(C)[C@H]3NC(=O)C[C@]2(C)C1. The predicted molar refractivity (Wildman–Crippen MR) is 109 cm³/mol. The van der Waals surface area contributed by atoms with Gasteiger partial charge < -0.3 is 10.1 Å². The number of carbonyl (C=O) groups is 1. The first-order valence-electron chi connectivity index (χ1n) is 11.3. The quantitative estimate of drug-likeness (QED) is 0.672. The van der Waals surface area contributed by atoms with Crippen molar-refractivity contribution in [3.8, 4) is 0 Å². The van der Waals surface area contributed by atoms with Gasteiger partial charge in [0.1, 0.15) is 0 Å². The molecule has 0 aromatic carbocycles. The second-order valence-corrected chi connectivity index (χ2v) is 11.0. The van der Waals surface area contributed by atoms with Crippen molar-refractivity contribution in [2.24, 2.45) is 28.6 Å². The second kappa shape index (κ2) is 6.90. The maximum absolute atomic E-state index is 13.0. The average molecular weight is 374 g/mol. The van der Waals surface area contributed by atoms with Crippen molar-refractivity contribution in [3.63, 3.8) is 0 Å². The van der Waals surface area contributed by atoms with Gasteiger partial charge >= 0.3 is 0 Å². The van der Waals surface area contributed by atoms with Gasteiger partial charge in [-0.2, -0.15) is 0 Å². The molecule has 1 saturated heterocycles. The molecule has 0 aromatic rings. The third-order valence-corrected chi connectivity index (χ3v) is 8.69. The average Bonchev–Trinajstić information content (AvgIpc) is 2.67. The highest BCUT2D eigenvalue weighted by Crippen LogP contribution is 2.59. The molecule has 3 nitrogen and oxygen atoms in total. The first kappa shape index (κ1) is 19.5. The molecule has 1 amide bonds. The van der Waals surface area contributed by atoms with Crippen molar-refractivity contribution >= 4 is 5.91 Å². The van der Waals surface area contributed by atoms with Crippen molar-refractivity contribution in [3.05, 3.63) is 12.2 Å². The van der Waals surface area contributed by atoms with Gasteiger partial charge in [-0.25, -0.2) is 0 Å². The zero-order valence-corrected chi connectivity index (χ0v) is 17.9. The van der Waals surface area contributed by atoms with Crippen molar-refractivity contribution < 1.29 is 9.53 Å². The second-order valence-electron chi connectivity index (χ2n) is 11.0. The van der Waals surface area contributed by atoms with Gasteiger partial charge in [-0.1, -0.05) is 26.0 Å². The number of ether oxygens (including phenoxy) is 1. The molecule has 1 aliphatic heterocycles. The van der Waals surface area contributed by atoms with Gasteiger partial charge in [0.2, 0.25) is 5.91 Å². The Hall–Kier alpha value is -0.830. The van der Waals surface area contributed by atoms with Crippen LogP contribution in [0.25, 0.3) is 0 Å². The molecule has 4 aliphatic rings. The molecule has 7 atom stereocenters. The molecule has 0 radical (unpaired) electrons. The highest BCUT2D eigenvalue weighted by Gasteiger charge is 2.57. The topological polar surface area (TPSA) is 38.3 Å². The van der Waals surface area contributed by atoms with Crippen LogP contribution in [0.4, 0.5) is 0 Å². The highest BCUT2D eigenvalue weighted by molar-refractivity contribution is 5.77. The number of nitrogens with one attached hydrogen (secondary N) is 1. The van der Waals surface area contributed by atoms with E-state index in [0.29, 0.717) is 42.4 Å². The van der Waals surface area contributed by atoms with Crippen molar-refractivity contribution in [2.45, 2.75) is 104 Å². The Balaban J connectivity index is 1.60. The van der Waals surface area contributed by atoms with Gasteiger partial charge in [-0.15, -0.1) is 0 Å². The summed E-state index contributed by atoms with van der Waals surface area (Å²) in [5.41, 5.74) is 1.70. The zero-order valence-electron chi connectivity index (χ0n) is 17.9. The lowest BCUT2D eigenvalue weighted by molar-refractivity contribution is -0.126. The Morgan fingerprint density at radius 3 is 2.67 bits per heavy atom. The summed E-state index contributed by atoms with van der Waals surface area (Å²) in [5, 5.41) is 3.56. The molecule has 0 bridgehead atoms. The fourth-order valence-corrected chi connectivity index (χ4v) is 7.52. The van der Waals surface area contributed by atoms with Crippen LogP contribution in [0.2, 0.25) is 0 Å². The molecule has 3 heteroatoms. The number of fused-ring (bicyclic) bond motifs is 5. The van der Waals surface area contributed by atoms with E-state index < -0.39 is 0 Å². The highest BCUT2D eigenvalue weighted by atomic mass is 16.5. The summed E-state index contributed by atoms with van der Waals surface area (Å²) in [7, 11) is 0. The number of hydrogen-bond acceptors (Lipinski definition) is 2. The van der Waals surface area contributed by atoms with Gasteiger partial charge in [0, 0.05) is 12.5 Å². The summed E-state index contributed by atoms with van der Waals surface area (Å²) in [4.78, 5) is 13.0. The zero-order chi connectivity index (χ0) is 19.4. The fourth-order valence-electron chi connectivity index (χ4n) is 7.52. The Kier molecular flexibility index (Phi) is 4.98. The summed E-state index contributed by atoms with van der Waals surface area (Å²) in [6.45, 7) is 13.4. The predicted octanol–water partition coefficient (Wildman–Crippen LogP) is 5.25. The number of rotatable bonds is 2. The van der Waals surface area contributed by atoms with Gasteiger partial charge in [0.15, 0.2) is 0 Å². The van der Waals surface area contributed by atoms with Crippen LogP contribution < -0.4 is 5.32 Å². The molecule has 1 N–H and O–H groups in total. The normalized spacial score (nSPS) is 47.5. The summed E-state index contributed by atoms with van der Waals surface area (Å²) >= 11 is 0. The minimum atomic E-state index is 0.111. The van der Waals surface area contributed by atoms with Gasteiger partial charge in [0.05, 0.1) is 12.2 Å². The lowest BCUT2D eigenvalue weighted by atomic mass is 9.50. The number of hydrogen-bond donors (Lipinski definition) is 1. The maximum atomic E-state index is 13.0. The minimum absolute atomic E-state index is 0.111. The fraction of sp³-hybridized carbons (Fsp3) is 0.875. The monoisotopic (exact) mass is 373 g/mol. The molecule has 152 valence electrons. The van der Waals surface area contributed by atoms with Crippen LogP contribution in [-0.2, 0) is 9.53 Å². The Bertz CT molecular complexity index is 614. The maximum Gasteiger partial charge on any atom is 0.220 e. The van der Waals surface area contributed by atoms with E-state index in [1.54, 1.807) is 0 Å². The first-order chi connectivity index (χ1) is 12.7. The van der Waals surface area contributed by atoms with Crippen LogP contribution in [0, 0.1) is 28.6 Å². The summed E-state index contributed by atoms with van der Waals surface area (Å²) in [5.74, 6) is 2.26. The van der Waals surface area contributed by atoms with E-state index in [2.05, 4.69) is 39.6 Å². The van der Waals surface area contributed by atoms with Gasteiger partial charge in [0.25, 0.3) is 0 Å². The van der Waals surface area contributed by atoms with Crippen LogP contribution in [0.15, 0.2) is 12.2 Å². The molecule has 0 unspecified atom stereocenters. The summed E-state index contributed by atoms with van der Waals surface area (Å²) in [6.07, 6.45) is 10.9. The number of carbonyl (C=O) groups excluding carboxylic acids is 1. The molecule has 1 heterocycles. The molecule has 0 spiro atoms. The minimum Gasteiger partial charge on any atom is -0.376 e. The summed E-state index contributed by atoms with van der Waals surface area (Å²) in [6, 6.07) is 0.349. The van der Waals surface area contributed by atoms with Crippen LogP contribution in [-0.4, -0.2) is 24.2 Å². The van der Waals surface area contributed by atoms with Gasteiger partial charge in [-0.3, -0.25) is 4.79 Å². The van der Waals surface area contributed by atoms with E-state index in [-0.39, 0.29) is 16.7 Å². The molecule has 3 saturated carbocycles. The van der Waals surface area contributed by atoms with Crippen molar-refractivity contribution in [1.82, 2.24) is 5.32 Å². The van der Waals surface area contributed by atoms with E-state index in [1.165, 1.54) is 37.7 Å².